The van der Waals surface area contributed by atoms with Crippen molar-refractivity contribution in [2.75, 3.05) is 26.3 Å². The minimum absolute atomic E-state index is 0.0637. The van der Waals surface area contributed by atoms with Crippen LogP contribution in [-0.4, -0.2) is 63.3 Å². The van der Waals surface area contributed by atoms with E-state index in [1.807, 2.05) is 0 Å². The number of fused-ring (bicyclic) bond motifs is 1. The van der Waals surface area contributed by atoms with Crippen molar-refractivity contribution in [1.29, 1.82) is 0 Å². The monoisotopic (exact) mass is 369 g/mol. The molecule has 0 aliphatic carbocycles. The summed E-state index contributed by atoms with van der Waals surface area (Å²) < 4.78 is 47.5. The zero-order valence-electron chi connectivity index (χ0n) is 13.9. The van der Waals surface area contributed by atoms with Crippen LogP contribution in [0.5, 0.6) is 0 Å². The molecule has 140 valence electrons. The highest BCUT2D eigenvalue weighted by molar-refractivity contribution is 5.99. The highest BCUT2D eigenvalue weighted by Crippen LogP contribution is 2.51. The molecule has 2 aliphatic rings. The first-order valence-corrected chi connectivity index (χ1v) is 8.51. The molecule has 0 aromatic carbocycles. The second-order valence-corrected chi connectivity index (χ2v) is 6.95. The molecule has 2 aromatic heterocycles. The molecule has 4 heterocycles. The van der Waals surface area contributed by atoms with Gasteiger partial charge >= 0.3 is 6.18 Å². The molecule has 0 saturated carbocycles. The molecule has 2 aliphatic heterocycles. The van der Waals surface area contributed by atoms with Crippen LogP contribution in [0, 0.1) is 11.3 Å². The van der Waals surface area contributed by atoms with Gasteiger partial charge in [-0.25, -0.2) is 0 Å². The summed E-state index contributed by atoms with van der Waals surface area (Å²) in [4.78, 5) is 14.5. The van der Waals surface area contributed by atoms with Crippen molar-refractivity contribution in [1.82, 2.24) is 24.9 Å². The normalized spacial score (nSPS) is 23.5. The van der Waals surface area contributed by atoms with E-state index in [0.29, 0.717) is 24.1 Å². The van der Waals surface area contributed by atoms with Crippen molar-refractivity contribution in [2.24, 2.45) is 11.3 Å². The van der Waals surface area contributed by atoms with E-state index in [2.05, 4.69) is 15.5 Å². The van der Waals surface area contributed by atoms with Gasteiger partial charge in [0.25, 0.3) is 5.91 Å². The van der Waals surface area contributed by atoms with Crippen LogP contribution in [0.2, 0.25) is 0 Å². The molecule has 0 radical (unpaired) electrons. The Morgan fingerprint density at radius 2 is 2.08 bits per heavy atom. The van der Waals surface area contributed by atoms with Crippen LogP contribution >= 0.6 is 0 Å². The van der Waals surface area contributed by atoms with Crippen LogP contribution in [0.4, 0.5) is 13.2 Å². The number of rotatable bonds is 1. The van der Waals surface area contributed by atoms with Crippen LogP contribution < -0.4 is 0 Å². The molecule has 1 spiro atoms. The Bertz CT molecular complexity index is 816. The Hall–Kier alpha value is -2.23. The van der Waals surface area contributed by atoms with E-state index in [0.717, 1.165) is 0 Å². The van der Waals surface area contributed by atoms with Gasteiger partial charge in [0.15, 0.2) is 5.65 Å². The van der Waals surface area contributed by atoms with Crippen molar-refractivity contribution < 1.29 is 22.7 Å². The molecular formula is C16H18F3N5O2. The van der Waals surface area contributed by atoms with Gasteiger partial charge in [0.1, 0.15) is 0 Å². The molecule has 2 fully saturated rings. The Morgan fingerprint density at radius 3 is 2.81 bits per heavy atom. The van der Waals surface area contributed by atoms with E-state index < -0.39 is 17.5 Å². The predicted molar refractivity (Wildman–Crippen MR) is 83.3 cm³/mol. The maximum absolute atomic E-state index is 13.6. The average molecular weight is 369 g/mol. The average Bonchev–Trinajstić information content (AvgIpc) is 3.09. The van der Waals surface area contributed by atoms with Gasteiger partial charge in [0.2, 0.25) is 0 Å². The summed E-state index contributed by atoms with van der Waals surface area (Å²) in [6.45, 7) is 0.715. The molecule has 1 unspecified atom stereocenters. The second-order valence-electron chi connectivity index (χ2n) is 6.95. The minimum atomic E-state index is -4.27. The van der Waals surface area contributed by atoms with Gasteiger partial charge < -0.3 is 9.64 Å². The van der Waals surface area contributed by atoms with Gasteiger partial charge in [0.05, 0.1) is 11.5 Å². The van der Waals surface area contributed by atoms with Gasteiger partial charge in [-0.3, -0.25) is 4.79 Å². The number of alkyl halides is 3. The summed E-state index contributed by atoms with van der Waals surface area (Å²) in [7, 11) is 0. The molecule has 0 bridgehead atoms. The summed E-state index contributed by atoms with van der Waals surface area (Å²) in [6, 6.07) is 3.24. The van der Waals surface area contributed by atoms with E-state index in [1.165, 1.54) is 9.42 Å². The summed E-state index contributed by atoms with van der Waals surface area (Å²) in [6.07, 6.45) is -2.15. The first kappa shape index (κ1) is 17.2. The fourth-order valence-corrected chi connectivity index (χ4v) is 4.23. The molecule has 2 aromatic rings. The first-order valence-electron chi connectivity index (χ1n) is 8.51. The van der Waals surface area contributed by atoms with E-state index in [9.17, 15) is 18.0 Å². The zero-order valence-corrected chi connectivity index (χ0v) is 13.9. The van der Waals surface area contributed by atoms with Crippen molar-refractivity contribution in [2.45, 2.75) is 25.4 Å². The largest absolute Gasteiger partial charge is 0.392 e. The quantitative estimate of drug-likeness (QED) is 0.768. The number of hydrogen-bond donors (Lipinski definition) is 0. The van der Waals surface area contributed by atoms with Gasteiger partial charge in [-0.05, 0) is 41.8 Å². The number of nitrogens with zero attached hydrogens (tertiary/aromatic N) is 5. The summed E-state index contributed by atoms with van der Waals surface area (Å²) in [5.74, 6) is -1.75. The van der Waals surface area contributed by atoms with E-state index in [-0.39, 0.29) is 38.6 Å². The van der Waals surface area contributed by atoms with Crippen LogP contribution in [0.15, 0.2) is 18.3 Å². The van der Waals surface area contributed by atoms with E-state index in [4.69, 9.17) is 4.74 Å². The third kappa shape index (κ3) is 2.81. The molecule has 26 heavy (non-hydrogen) atoms. The maximum atomic E-state index is 13.6. The van der Waals surface area contributed by atoms with Gasteiger partial charge in [-0.15, -0.1) is 5.10 Å². The number of likely N-dealkylation sites (tertiary alicyclic amines) is 1. The predicted octanol–water partition coefficient (Wildman–Crippen LogP) is 1.95. The van der Waals surface area contributed by atoms with Crippen molar-refractivity contribution in [3.05, 3.63) is 23.9 Å². The Kier molecular flexibility index (Phi) is 4.09. The van der Waals surface area contributed by atoms with E-state index in [1.54, 1.807) is 18.3 Å². The molecule has 4 rings (SSSR count). The molecular weight excluding hydrogens is 351 g/mol. The van der Waals surface area contributed by atoms with Crippen LogP contribution in [0.1, 0.15) is 29.6 Å². The standard InChI is InChI=1S/C16H18F3N5O2/c17-16(18,19)12-3-7-23(10-15(12)4-8-26-9-5-15)14(25)11-2-1-6-24-13(11)20-21-22-24/h1-2,6,12H,3-5,7-10H2. The number of ether oxygens (including phenoxy) is 1. The Labute approximate surface area is 147 Å². The van der Waals surface area contributed by atoms with Crippen molar-refractivity contribution >= 4 is 11.6 Å². The van der Waals surface area contributed by atoms with Gasteiger partial charge in [-0.2, -0.15) is 17.7 Å². The number of halogens is 3. The summed E-state index contributed by atoms with van der Waals surface area (Å²) in [5, 5.41) is 11.1. The number of carbonyl (C=O) groups excluding carboxylic acids is 1. The van der Waals surface area contributed by atoms with Crippen LogP contribution in [0.25, 0.3) is 5.65 Å². The number of aromatic nitrogens is 4. The fourth-order valence-electron chi connectivity index (χ4n) is 4.23. The SMILES string of the molecule is O=C(c1cccn2nnnc12)N1CCC(C(F)(F)F)C2(CCOCC2)C1. The van der Waals surface area contributed by atoms with Crippen LogP contribution in [0.3, 0.4) is 0 Å². The molecule has 7 nitrogen and oxygen atoms in total. The highest BCUT2D eigenvalue weighted by Gasteiger charge is 2.56. The Morgan fingerprint density at radius 1 is 1.31 bits per heavy atom. The van der Waals surface area contributed by atoms with E-state index >= 15 is 0 Å². The smallest absolute Gasteiger partial charge is 0.381 e. The third-order valence-electron chi connectivity index (χ3n) is 5.56. The lowest BCUT2D eigenvalue weighted by Crippen LogP contribution is -2.56. The fraction of sp³-hybridized carbons (Fsp3) is 0.625. The zero-order chi connectivity index (χ0) is 18.4. The number of amides is 1. The lowest BCUT2D eigenvalue weighted by molar-refractivity contribution is -0.232. The minimum Gasteiger partial charge on any atom is -0.381 e. The summed E-state index contributed by atoms with van der Waals surface area (Å²) in [5.41, 5.74) is -0.386. The summed E-state index contributed by atoms with van der Waals surface area (Å²) >= 11 is 0. The Balaban J connectivity index is 1.64. The molecule has 10 heteroatoms. The number of pyridine rings is 1. The number of hydrogen-bond acceptors (Lipinski definition) is 5. The molecule has 2 saturated heterocycles. The van der Waals surface area contributed by atoms with Crippen molar-refractivity contribution in [3.63, 3.8) is 0 Å². The van der Waals surface area contributed by atoms with Crippen LogP contribution in [-0.2, 0) is 4.74 Å². The topological polar surface area (TPSA) is 72.6 Å². The first-order chi connectivity index (χ1) is 12.4. The maximum Gasteiger partial charge on any atom is 0.392 e. The van der Waals surface area contributed by atoms with Crippen molar-refractivity contribution in [3.8, 4) is 0 Å². The van der Waals surface area contributed by atoms with Gasteiger partial charge in [-0.1, -0.05) is 0 Å². The second kappa shape index (κ2) is 6.19. The molecule has 1 amide bonds. The lowest BCUT2D eigenvalue weighted by Gasteiger charge is -2.50. The molecule has 1 atom stereocenters. The van der Waals surface area contributed by atoms with Gasteiger partial charge in [0, 0.05) is 37.9 Å². The third-order valence-corrected chi connectivity index (χ3v) is 5.56. The highest BCUT2D eigenvalue weighted by atomic mass is 19.4. The lowest BCUT2D eigenvalue weighted by atomic mass is 9.65. The number of carbonyl (C=O) groups is 1. The molecule has 0 N–H and O–H groups in total. The number of piperidine rings is 1. The number of tetrazole rings is 1.